The van der Waals surface area contributed by atoms with Crippen LogP contribution in [-0.4, -0.2) is 31.4 Å². The van der Waals surface area contributed by atoms with E-state index < -0.39 is 0 Å². The molecule has 0 unspecified atom stereocenters. The maximum Gasteiger partial charge on any atom is 0.234 e. The Balaban J connectivity index is 1.50. The number of rotatable bonds is 7. The van der Waals surface area contributed by atoms with Gasteiger partial charge in [0.2, 0.25) is 5.91 Å². The molecule has 4 aromatic rings. The number of carbonyl (C=O) groups excluding carboxylic acids is 1. The quantitative estimate of drug-likeness (QED) is 0.419. The third-order valence-corrected chi connectivity index (χ3v) is 5.52. The minimum absolute atomic E-state index is 0.112. The number of aromatic nitrogens is 4. The van der Waals surface area contributed by atoms with Gasteiger partial charge in [-0.25, -0.2) is 0 Å². The van der Waals surface area contributed by atoms with Gasteiger partial charge in [-0.15, -0.1) is 10.2 Å². The van der Waals surface area contributed by atoms with E-state index in [1.54, 1.807) is 36.9 Å². The molecule has 0 spiro atoms. The normalized spacial score (nSPS) is 10.6. The Bertz CT molecular complexity index is 1230. The Morgan fingerprint density at radius 1 is 1.26 bits per heavy atom. The van der Waals surface area contributed by atoms with Gasteiger partial charge < -0.3 is 9.73 Å². The fourth-order valence-corrected chi connectivity index (χ4v) is 3.78. The Morgan fingerprint density at radius 3 is 2.87 bits per heavy atom. The highest BCUT2D eigenvalue weighted by molar-refractivity contribution is 7.99. The van der Waals surface area contributed by atoms with Crippen LogP contribution in [0.3, 0.4) is 0 Å². The monoisotopic (exact) mass is 450 g/mol. The van der Waals surface area contributed by atoms with Gasteiger partial charge in [-0.05, 0) is 42.5 Å². The van der Waals surface area contributed by atoms with E-state index in [0.717, 1.165) is 11.3 Å². The van der Waals surface area contributed by atoms with Gasteiger partial charge in [-0.2, -0.15) is 5.26 Å². The van der Waals surface area contributed by atoms with Gasteiger partial charge in [-0.3, -0.25) is 14.3 Å². The average molecular weight is 451 g/mol. The van der Waals surface area contributed by atoms with Gasteiger partial charge in [0.05, 0.1) is 29.1 Å². The molecule has 0 saturated heterocycles. The summed E-state index contributed by atoms with van der Waals surface area (Å²) >= 11 is 7.27. The first-order chi connectivity index (χ1) is 15.1. The lowest BCUT2D eigenvalue weighted by atomic mass is 10.2. The number of anilines is 1. The largest absolute Gasteiger partial charge is 0.467 e. The van der Waals surface area contributed by atoms with Crippen LogP contribution in [0.2, 0.25) is 5.02 Å². The predicted octanol–water partition coefficient (Wildman–Crippen LogP) is 4.24. The molecule has 0 bridgehead atoms. The van der Waals surface area contributed by atoms with Crippen molar-refractivity contribution in [1.82, 2.24) is 19.7 Å². The zero-order valence-electron chi connectivity index (χ0n) is 16.0. The molecule has 0 aliphatic rings. The molecule has 8 nitrogen and oxygen atoms in total. The molecule has 0 radical (unpaired) electrons. The van der Waals surface area contributed by atoms with Crippen molar-refractivity contribution in [3.63, 3.8) is 0 Å². The van der Waals surface area contributed by atoms with E-state index in [1.807, 2.05) is 34.9 Å². The topological polar surface area (TPSA) is 110 Å². The van der Waals surface area contributed by atoms with E-state index in [0.29, 0.717) is 28.8 Å². The summed E-state index contributed by atoms with van der Waals surface area (Å²) in [6.07, 6.45) is 5.00. The van der Waals surface area contributed by atoms with Crippen LogP contribution in [0.15, 0.2) is 70.7 Å². The van der Waals surface area contributed by atoms with Gasteiger partial charge >= 0.3 is 0 Å². The lowest BCUT2D eigenvalue weighted by Crippen LogP contribution is -2.15. The molecule has 4 rings (SSSR count). The van der Waals surface area contributed by atoms with Crippen LogP contribution >= 0.6 is 23.4 Å². The van der Waals surface area contributed by atoms with E-state index in [2.05, 4.69) is 20.5 Å². The molecule has 1 amide bonds. The highest BCUT2D eigenvalue weighted by atomic mass is 35.5. The number of hydrogen-bond acceptors (Lipinski definition) is 7. The minimum atomic E-state index is -0.235. The van der Waals surface area contributed by atoms with Gasteiger partial charge in [0.1, 0.15) is 11.8 Å². The zero-order valence-corrected chi connectivity index (χ0v) is 17.6. The molecule has 1 N–H and O–H groups in total. The van der Waals surface area contributed by atoms with Crippen LogP contribution in [-0.2, 0) is 11.3 Å². The van der Waals surface area contributed by atoms with Gasteiger partial charge in [0, 0.05) is 23.6 Å². The van der Waals surface area contributed by atoms with Crippen molar-refractivity contribution < 1.29 is 9.21 Å². The standard InChI is InChI=1S/C21H15ClN6O2S/c22-18-9-16(6-5-14(18)10-23)25-19(29)13-31-21-27-26-20(15-3-1-7-24-11-15)28(21)12-17-4-2-8-30-17/h1-9,11H,12-13H2,(H,25,29). The summed E-state index contributed by atoms with van der Waals surface area (Å²) in [6.45, 7) is 0.416. The first-order valence-electron chi connectivity index (χ1n) is 9.12. The number of furan rings is 1. The smallest absolute Gasteiger partial charge is 0.234 e. The van der Waals surface area contributed by atoms with Gasteiger partial charge in [0.25, 0.3) is 0 Å². The summed E-state index contributed by atoms with van der Waals surface area (Å²) in [5.41, 5.74) is 1.68. The first-order valence-corrected chi connectivity index (χ1v) is 10.5. The van der Waals surface area contributed by atoms with Crippen molar-refractivity contribution in [3.05, 3.63) is 77.5 Å². The second kappa shape index (κ2) is 9.47. The molecule has 3 aromatic heterocycles. The molecular formula is C21H15ClN6O2S. The van der Waals surface area contributed by atoms with Crippen molar-refractivity contribution in [2.75, 3.05) is 11.1 Å². The molecular weight excluding hydrogens is 436 g/mol. The molecule has 0 atom stereocenters. The fraction of sp³-hybridized carbons (Fsp3) is 0.0952. The van der Waals surface area contributed by atoms with Crippen LogP contribution in [0.5, 0.6) is 0 Å². The Hall–Kier alpha value is -3.61. The van der Waals surface area contributed by atoms with Gasteiger partial charge in [0.15, 0.2) is 11.0 Å². The molecule has 0 saturated carbocycles. The molecule has 0 aliphatic heterocycles. The number of amides is 1. The number of nitrogens with one attached hydrogen (secondary N) is 1. The van der Waals surface area contributed by atoms with Crippen molar-refractivity contribution in [1.29, 1.82) is 5.26 Å². The van der Waals surface area contributed by atoms with Crippen LogP contribution in [0.1, 0.15) is 11.3 Å². The maximum absolute atomic E-state index is 12.4. The number of halogens is 1. The minimum Gasteiger partial charge on any atom is -0.467 e. The number of nitrogens with zero attached hydrogens (tertiary/aromatic N) is 5. The van der Waals surface area contributed by atoms with Crippen LogP contribution in [0.4, 0.5) is 5.69 Å². The van der Waals surface area contributed by atoms with E-state index in [4.69, 9.17) is 21.3 Å². The highest BCUT2D eigenvalue weighted by Gasteiger charge is 2.17. The summed E-state index contributed by atoms with van der Waals surface area (Å²) in [5, 5.41) is 21.1. The fourth-order valence-electron chi connectivity index (χ4n) is 2.82. The molecule has 31 heavy (non-hydrogen) atoms. The number of carbonyl (C=O) groups is 1. The summed E-state index contributed by atoms with van der Waals surface area (Å²) in [5.74, 6) is 1.25. The molecule has 0 fully saturated rings. The van der Waals surface area contributed by atoms with Gasteiger partial charge in [-0.1, -0.05) is 23.4 Å². The predicted molar refractivity (Wildman–Crippen MR) is 117 cm³/mol. The summed E-state index contributed by atoms with van der Waals surface area (Å²) < 4.78 is 7.35. The summed E-state index contributed by atoms with van der Waals surface area (Å²) in [7, 11) is 0. The highest BCUT2D eigenvalue weighted by Crippen LogP contribution is 2.25. The second-order valence-electron chi connectivity index (χ2n) is 6.36. The van der Waals surface area contributed by atoms with Crippen LogP contribution < -0.4 is 5.32 Å². The Morgan fingerprint density at radius 2 is 2.16 bits per heavy atom. The number of thioether (sulfide) groups is 1. The van der Waals surface area contributed by atoms with E-state index in [1.165, 1.54) is 11.8 Å². The molecule has 10 heteroatoms. The number of hydrogen-bond donors (Lipinski definition) is 1. The molecule has 1 aromatic carbocycles. The van der Waals surface area contributed by atoms with E-state index >= 15 is 0 Å². The Labute approximate surface area is 186 Å². The summed E-state index contributed by atoms with van der Waals surface area (Å²) in [6, 6.07) is 14.1. The van der Waals surface area contributed by atoms with E-state index in [9.17, 15) is 4.79 Å². The van der Waals surface area contributed by atoms with E-state index in [-0.39, 0.29) is 16.7 Å². The zero-order chi connectivity index (χ0) is 21.6. The maximum atomic E-state index is 12.4. The SMILES string of the molecule is N#Cc1ccc(NC(=O)CSc2nnc(-c3cccnc3)n2Cc2ccco2)cc1Cl. The number of benzene rings is 1. The molecule has 154 valence electrons. The third kappa shape index (κ3) is 4.94. The molecule has 0 aliphatic carbocycles. The van der Waals surface area contributed by atoms with Crippen molar-refractivity contribution in [2.24, 2.45) is 0 Å². The van der Waals surface area contributed by atoms with Crippen LogP contribution in [0.25, 0.3) is 11.4 Å². The lowest BCUT2D eigenvalue weighted by molar-refractivity contribution is -0.113. The lowest BCUT2D eigenvalue weighted by Gasteiger charge is -2.09. The third-order valence-electron chi connectivity index (χ3n) is 4.24. The van der Waals surface area contributed by atoms with Crippen LogP contribution in [0, 0.1) is 11.3 Å². The number of nitriles is 1. The second-order valence-corrected chi connectivity index (χ2v) is 7.71. The Kier molecular flexibility index (Phi) is 6.31. The summed E-state index contributed by atoms with van der Waals surface area (Å²) in [4.78, 5) is 16.6. The van der Waals surface area contributed by atoms with Crippen molar-refractivity contribution >= 4 is 35.0 Å². The van der Waals surface area contributed by atoms with Crippen molar-refractivity contribution in [3.8, 4) is 17.5 Å². The van der Waals surface area contributed by atoms with Crippen molar-refractivity contribution in [2.45, 2.75) is 11.7 Å². The molecule has 3 heterocycles. The number of pyridine rings is 1. The average Bonchev–Trinajstić information content (AvgIpc) is 3.43. The first kappa shape index (κ1) is 20.7.